The number of carbonyl (C=O) groups is 2. The van der Waals surface area contributed by atoms with E-state index in [-0.39, 0.29) is 23.6 Å². The summed E-state index contributed by atoms with van der Waals surface area (Å²) in [4.78, 5) is 23.4. The summed E-state index contributed by atoms with van der Waals surface area (Å²) in [5.74, 6) is -0.175. The van der Waals surface area contributed by atoms with Gasteiger partial charge in [0.2, 0.25) is 0 Å². The topological polar surface area (TPSA) is 43.4 Å². The van der Waals surface area contributed by atoms with E-state index in [0.717, 1.165) is 19.3 Å². The zero-order valence-corrected chi connectivity index (χ0v) is 11.4. The first kappa shape index (κ1) is 14.2. The summed E-state index contributed by atoms with van der Waals surface area (Å²) in [6.07, 6.45) is 4.48. The molecule has 0 aromatic carbocycles. The van der Waals surface area contributed by atoms with Crippen LogP contribution in [0.25, 0.3) is 0 Å². The molecule has 0 aromatic heterocycles. The van der Waals surface area contributed by atoms with Crippen LogP contribution in [0.4, 0.5) is 0 Å². The zero-order valence-electron chi connectivity index (χ0n) is 11.4. The van der Waals surface area contributed by atoms with E-state index in [2.05, 4.69) is 6.92 Å². The Kier molecular flexibility index (Phi) is 4.72. The molecule has 0 bridgehead atoms. The summed E-state index contributed by atoms with van der Waals surface area (Å²) in [6, 6.07) is 0. The van der Waals surface area contributed by atoms with Crippen molar-refractivity contribution in [3.8, 4) is 0 Å². The van der Waals surface area contributed by atoms with Crippen LogP contribution in [0.15, 0.2) is 0 Å². The van der Waals surface area contributed by atoms with Crippen LogP contribution in [-0.2, 0) is 14.3 Å². The summed E-state index contributed by atoms with van der Waals surface area (Å²) >= 11 is 0. The first-order chi connectivity index (χ1) is 7.85. The van der Waals surface area contributed by atoms with Crippen LogP contribution < -0.4 is 0 Å². The lowest BCUT2D eigenvalue weighted by Gasteiger charge is -2.19. The molecule has 1 saturated carbocycles. The van der Waals surface area contributed by atoms with E-state index in [1.807, 2.05) is 20.8 Å². The van der Waals surface area contributed by atoms with E-state index in [1.165, 1.54) is 0 Å². The van der Waals surface area contributed by atoms with Gasteiger partial charge < -0.3 is 4.74 Å². The van der Waals surface area contributed by atoms with Gasteiger partial charge in [-0.25, -0.2) is 0 Å². The van der Waals surface area contributed by atoms with Crippen molar-refractivity contribution in [2.45, 2.75) is 65.4 Å². The first-order valence-electron chi connectivity index (χ1n) is 6.60. The van der Waals surface area contributed by atoms with Gasteiger partial charge in [0, 0.05) is 12.3 Å². The van der Waals surface area contributed by atoms with Crippen molar-refractivity contribution < 1.29 is 14.3 Å². The lowest BCUT2D eigenvalue weighted by atomic mass is 10.1. The normalized spacial score (nSPS) is 23.3. The SMILES string of the molecule is CCCCCC(=O)C1CC1C(=O)OC(C)(C)C. The molecule has 17 heavy (non-hydrogen) atoms. The standard InChI is InChI=1S/C14H24O3/c1-5-6-7-8-12(15)10-9-11(10)13(16)17-14(2,3)4/h10-11H,5-9H2,1-4H3. The third-order valence-electron chi connectivity index (χ3n) is 2.94. The van der Waals surface area contributed by atoms with Crippen molar-refractivity contribution in [1.29, 1.82) is 0 Å². The fourth-order valence-electron chi connectivity index (χ4n) is 1.92. The summed E-state index contributed by atoms with van der Waals surface area (Å²) in [5, 5.41) is 0. The van der Waals surface area contributed by atoms with Crippen LogP contribution in [-0.4, -0.2) is 17.4 Å². The van der Waals surface area contributed by atoms with Gasteiger partial charge >= 0.3 is 5.97 Å². The Morgan fingerprint density at radius 3 is 2.35 bits per heavy atom. The smallest absolute Gasteiger partial charge is 0.310 e. The fourth-order valence-corrected chi connectivity index (χ4v) is 1.92. The van der Waals surface area contributed by atoms with E-state index >= 15 is 0 Å². The number of esters is 1. The van der Waals surface area contributed by atoms with Gasteiger partial charge in [-0.2, -0.15) is 0 Å². The quantitative estimate of drug-likeness (QED) is 0.529. The molecule has 1 aliphatic rings. The van der Waals surface area contributed by atoms with Gasteiger partial charge in [0.25, 0.3) is 0 Å². The van der Waals surface area contributed by atoms with Gasteiger partial charge in [-0.1, -0.05) is 19.8 Å². The van der Waals surface area contributed by atoms with Gasteiger partial charge in [-0.3, -0.25) is 9.59 Å². The van der Waals surface area contributed by atoms with Crippen molar-refractivity contribution in [3.05, 3.63) is 0 Å². The van der Waals surface area contributed by atoms with E-state index in [0.29, 0.717) is 12.8 Å². The molecular weight excluding hydrogens is 216 g/mol. The number of ketones is 1. The van der Waals surface area contributed by atoms with Gasteiger partial charge in [0.1, 0.15) is 11.4 Å². The molecule has 1 fully saturated rings. The van der Waals surface area contributed by atoms with Crippen LogP contribution in [0.5, 0.6) is 0 Å². The maximum absolute atomic E-state index is 11.8. The summed E-state index contributed by atoms with van der Waals surface area (Å²) in [7, 11) is 0. The Morgan fingerprint density at radius 2 is 1.82 bits per heavy atom. The lowest BCUT2D eigenvalue weighted by Crippen LogP contribution is -2.25. The number of carbonyl (C=O) groups excluding carboxylic acids is 2. The average Bonchev–Trinajstić information content (AvgIpc) is 2.94. The van der Waals surface area contributed by atoms with E-state index in [9.17, 15) is 9.59 Å². The van der Waals surface area contributed by atoms with Crippen molar-refractivity contribution in [2.24, 2.45) is 11.8 Å². The van der Waals surface area contributed by atoms with Crippen LogP contribution in [0.2, 0.25) is 0 Å². The number of unbranched alkanes of at least 4 members (excludes halogenated alkanes) is 2. The predicted molar refractivity (Wildman–Crippen MR) is 66.6 cm³/mol. The molecule has 0 heterocycles. The molecule has 1 rings (SSSR count). The molecule has 3 heteroatoms. The second-order valence-electron chi connectivity index (χ2n) is 5.91. The van der Waals surface area contributed by atoms with Gasteiger partial charge in [-0.15, -0.1) is 0 Å². The van der Waals surface area contributed by atoms with E-state index in [1.54, 1.807) is 0 Å². The number of hydrogen-bond donors (Lipinski definition) is 0. The Hall–Kier alpha value is -0.860. The van der Waals surface area contributed by atoms with Gasteiger partial charge in [0.05, 0.1) is 5.92 Å². The number of hydrogen-bond acceptors (Lipinski definition) is 3. The minimum atomic E-state index is -0.449. The third-order valence-corrected chi connectivity index (χ3v) is 2.94. The molecule has 0 amide bonds. The van der Waals surface area contributed by atoms with E-state index in [4.69, 9.17) is 4.74 Å². The maximum atomic E-state index is 11.8. The van der Waals surface area contributed by atoms with Crippen molar-refractivity contribution in [3.63, 3.8) is 0 Å². The molecule has 3 nitrogen and oxygen atoms in total. The summed E-state index contributed by atoms with van der Waals surface area (Å²) in [5.41, 5.74) is -0.449. The minimum Gasteiger partial charge on any atom is -0.460 e. The molecule has 0 aliphatic heterocycles. The summed E-state index contributed by atoms with van der Waals surface area (Å²) in [6.45, 7) is 7.67. The average molecular weight is 240 g/mol. The molecule has 98 valence electrons. The Morgan fingerprint density at radius 1 is 1.18 bits per heavy atom. The highest BCUT2D eigenvalue weighted by Gasteiger charge is 2.49. The number of rotatable bonds is 6. The van der Waals surface area contributed by atoms with Crippen LogP contribution in [0, 0.1) is 11.8 Å². The van der Waals surface area contributed by atoms with Crippen LogP contribution >= 0.6 is 0 Å². The highest BCUT2D eigenvalue weighted by molar-refractivity contribution is 5.91. The summed E-state index contributed by atoms with van der Waals surface area (Å²) < 4.78 is 5.28. The fraction of sp³-hybridized carbons (Fsp3) is 0.857. The van der Waals surface area contributed by atoms with Gasteiger partial charge in [-0.05, 0) is 33.6 Å². The lowest BCUT2D eigenvalue weighted by molar-refractivity contribution is -0.157. The Balaban J connectivity index is 2.28. The van der Waals surface area contributed by atoms with Crippen molar-refractivity contribution in [2.75, 3.05) is 0 Å². The van der Waals surface area contributed by atoms with Crippen LogP contribution in [0.1, 0.15) is 59.8 Å². The van der Waals surface area contributed by atoms with Crippen molar-refractivity contribution in [1.82, 2.24) is 0 Å². The number of ether oxygens (including phenoxy) is 1. The van der Waals surface area contributed by atoms with Crippen LogP contribution in [0.3, 0.4) is 0 Å². The molecule has 0 aromatic rings. The van der Waals surface area contributed by atoms with Crippen molar-refractivity contribution >= 4 is 11.8 Å². The first-order valence-corrected chi connectivity index (χ1v) is 6.60. The zero-order chi connectivity index (χ0) is 13.1. The number of Topliss-reactive ketones (excluding diaryl/α,β-unsaturated/α-hetero) is 1. The maximum Gasteiger partial charge on any atom is 0.310 e. The molecule has 0 N–H and O–H groups in total. The Labute approximate surface area is 104 Å². The molecule has 1 aliphatic carbocycles. The second-order valence-corrected chi connectivity index (χ2v) is 5.91. The predicted octanol–water partition coefficient (Wildman–Crippen LogP) is 3.11. The van der Waals surface area contributed by atoms with E-state index < -0.39 is 5.60 Å². The molecule has 2 atom stereocenters. The second kappa shape index (κ2) is 5.65. The monoisotopic (exact) mass is 240 g/mol. The largest absolute Gasteiger partial charge is 0.460 e. The molecule has 0 radical (unpaired) electrons. The third kappa shape index (κ3) is 4.88. The Bertz CT molecular complexity index is 288. The molecule has 0 spiro atoms. The highest BCUT2D eigenvalue weighted by Crippen LogP contribution is 2.42. The molecular formula is C14H24O3. The molecule has 0 saturated heterocycles. The van der Waals surface area contributed by atoms with Gasteiger partial charge in [0.15, 0.2) is 0 Å². The highest BCUT2D eigenvalue weighted by atomic mass is 16.6. The minimum absolute atomic E-state index is 0.0540. The molecule has 2 unspecified atom stereocenters.